The van der Waals surface area contributed by atoms with Gasteiger partial charge in [0.05, 0.1) is 25.4 Å². The van der Waals surface area contributed by atoms with E-state index in [0.717, 1.165) is 31.0 Å². The number of anilines is 1. The number of ether oxygens (including phenoxy) is 1. The van der Waals surface area contributed by atoms with Crippen LogP contribution in [0.5, 0.6) is 0 Å². The fourth-order valence-corrected chi connectivity index (χ4v) is 3.00. The molecule has 17 heavy (non-hydrogen) atoms. The second kappa shape index (κ2) is 4.63. The molecule has 4 nitrogen and oxygen atoms in total. The van der Waals surface area contributed by atoms with Gasteiger partial charge in [-0.3, -0.25) is 0 Å². The van der Waals surface area contributed by atoms with Gasteiger partial charge in [-0.15, -0.1) is 0 Å². The largest absolute Gasteiger partial charge is 0.392 e. The van der Waals surface area contributed by atoms with Gasteiger partial charge in [-0.2, -0.15) is 0 Å². The van der Waals surface area contributed by atoms with Crippen LogP contribution in [-0.4, -0.2) is 35.4 Å². The summed E-state index contributed by atoms with van der Waals surface area (Å²) in [7, 11) is 0. The molecule has 2 heterocycles. The molecule has 2 unspecified atom stereocenters. The summed E-state index contributed by atoms with van der Waals surface area (Å²) in [5.74, 6) is 0.940. The zero-order valence-electron chi connectivity index (χ0n) is 9.88. The molecule has 1 N–H and O–H groups in total. The number of morpholine rings is 1. The van der Waals surface area contributed by atoms with Crippen LogP contribution in [0.3, 0.4) is 0 Å². The highest BCUT2D eigenvalue weighted by Crippen LogP contribution is 2.33. The summed E-state index contributed by atoms with van der Waals surface area (Å²) in [6.07, 6.45) is 5.72. The number of nitrogens with zero attached hydrogens (tertiary/aromatic N) is 2. The predicted octanol–water partition coefficient (Wildman–Crippen LogP) is 1.33. The van der Waals surface area contributed by atoms with Crippen LogP contribution >= 0.6 is 0 Å². The number of pyridine rings is 1. The van der Waals surface area contributed by atoms with Crippen LogP contribution in [0, 0.1) is 0 Å². The van der Waals surface area contributed by atoms with Crippen molar-refractivity contribution >= 4 is 5.82 Å². The highest BCUT2D eigenvalue weighted by atomic mass is 16.5. The van der Waals surface area contributed by atoms with Gasteiger partial charge in [0.15, 0.2) is 0 Å². The van der Waals surface area contributed by atoms with Gasteiger partial charge in [-0.05, 0) is 25.3 Å². The second-order valence-corrected chi connectivity index (χ2v) is 4.75. The number of aliphatic hydroxyl groups is 1. The van der Waals surface area contributed by atoms with E-state index in [1.807, 2.05) is 12.1 Å². The number of hydrogen-bond donors (Lipinski definition) is 1. The molecule has 0 spiro atoms. The van der Waals surface area contributed by atoms with E-state index < -0.39 is 0 Å². The molecule has 1 aliphatic carbocycles. The van der Waals surface area contributed by atoms with Crippen LogP contribution in [0.1, 0.15) is 24.8 Å². The van der Waals surface area contributed by atoms with Crippen molar-refractivity contribution in [2.45, 2.75) is 38.0 Å². The Morgan fingerprint density at radius 2 is 2.41 bits per heavy atom. The summed E-state index contributed by atoms with van der Waals surface area (Å²) in [6, 6.07) is 4.27. The smallest absolute Gasteiger partial charge is 0.134 e. The van der Waals surface area contributed by atoms with E-state index in [-0.39, 0.29) is 6.61 Å². The lowest BCUT2D eigenvalue weighted by molar-refractivity contribution is 0.0251. The van der Waals surface area contributed by atoms with Crippen molar-refractivity contribution in [3.8, 4) is 0 Å². The molecule has 92 valence electrons. The van der Waals surface area contributed by atoms with Crippen molar-refractivity contribution in [2.75, 3.05) is 18.1 Å². The molecule has 2 fully saturated rings. The Bertz CT molecular complexity index is 397. The summed E-state index contributed by atoms with van der Waals surface area (Å²) < 4.78 is 5.80. The van der Waals surface area contributed by atoms with E-state index in [4.69, 9.17) is 4.74 Å². The summed E-state index contributed by atoms with van der Waals surface area (Å²) in [5.41, 5.74) is 0.917. The van der Waals surface area contributed by atoms with Gasteiger partial charge in [-0.25, -0.2) is 4.98 Å². The number of aliphatic hydroxyl groups excluding tert-OH is 1. The Balaban J connectivity index is 1.91. The maximum Gasteiger partial charge on any atom is 0.134 e. The molecule has 1 aliphatic heterocycles. The molecule has 1 saturated carbocycles. The third kappa shape index (κ3) is 1.91. The first kappa shape index (κ1) is 11.0. The van der Waals surface area contributed by atoms with Gasteiger partial charge >= 0.3 is 0 Å². The molecule has 3 rings (SSSR count). The van der Waals surface area contributed by atoms with Gasteiger partial charge in [-0.1, -0.05) is 6.07 Å². The first-order valence-corrected chi connectivity index (χ1v) is 6.33. The van der Waals surface area contributed by atoms with Crippen molar-refractivity contribution in [1.29, 1.82) is 0 Å². The minimum atomic E-state index is 0.0535. The Morgan fingerprint density at radius 3 is 3.29 bits per heavy atom. The molecule has 1 saturated heterocycles. The normalized spacial score (nSPS) is 28.2. The average Bonchev–Trinajstić information content (AvgIpc) is 2.86. The van der Waals surface area contributed by atoms with Crippen LogP contribution < -0.4 is 4.90 Å². The van der Waals surface area contributed by atoms with Crippen molar-refractivity contribution < 1.29 is 9.84 Å². The molecular formula is C13H18N2O2. The Hall–Kier alpha value is -1.13. The van der Waals surface area contributed by atoms with Crippen molar-refractivity contribution in [2.24, 2.45) is 0 Å². The van der Waals surface area contributed by atoms with Crippen molar-refractivity contribution in [1.82, 2.24) is 4.98 Å². The van der Waals surface area contributed by atoms with Crippen LogP contribution in [0.25, 0.3) is 0 Å². The molecule has 4 heteroatoms. The molecule has 2 aliphatic rings. The standard InChI is InChI=1S/C13H18N2O2/c16-9-10-3-2-6-14-13(10)15-7-8-17-12-5-1-4-11(12)15/h2-3,6,11-12,16H,1,4-5,7-9H2. The topological polar surface area (TPSA) is 45.6 Å². The zero-order chi connectivity index (χ0) is 11.7. The van der Waals surface area contributed by atoms with E-state index in [0.29, 0.717) is 12.1 Å². The highest BCUT2D eigenvalue weighted by Gasteiger charge is 2.37. The van der Waals surface area contributed by atoms with Crippen molar-refractivity contribution in [3.63, 3.8) is 0 Å². The molecule has 0 radical (unpaired) electrons. The van der Waals surface area contributed by atoms with Gasteiger partial charge in [0, 0.05) is 18.3 Å². The number of hydrogen-bond acceptors (Lipinski definition) is 4. The maximum absolute atomic E-state index is 9.39. The minimum absolute atomic E-state index is 0.0535. The highest BCUT2D eigenvalue weighted by molar-refractivity contribution is 5.48. The van der Waals surface area contributed by atoms with E-state index in [1.165, 1.54) is 12.8 Å². The maximum atomic E-state index is 9.39. The summed E-state index contributed by atoms with van der Waals surface area (Å²) in [4.78, 5) is 6.77. The lowest BCUT2D eigenvalue weighted by Gasteiger charge is -2.39. The Kier molecular flexibility index (Phi) is 2.99. The average molecular weight is 234 g/mol. The molecule has 0 aromatic carbocycles. The number of aromatic nitrogens is 1. The molecule has 1 aromatic rings. The first-order chi connectivity index (χ1) is 8.40. The number of fused-ring (bicyclic) bond motifs is 1. The van der Waals surface area contributed by atoms with Crippen molar-refractivity contribution in [3.05, 3.63) is 23.9 Å². The third-order valence-corrected chi connectivity index (χ3v) is 3.79. The van der Waals surface area contributed by atoms with Crippen LogP contribution in [0.2, 0.25) is 0 Å². The van der Waals surface area contributed by atoms with Crippen LogP contribution in [-0.2, 0) is 11.3 Å². The SMILES string of the molecule is OCc1cccnc1N1CCOC2CCCC21. The fraction of sp³-hybridized carbons (Fsp3) is 0.615. The lowest BCUT2D eigenvalue weighted by Crippen LogP contribution is -2.49. The Morgan fingerprint density at radius 1 is 1.47 bits per heavy atom. The van der Waals surface area contributed by atoms with Gasteiger partial charge in [0.2, 0.25) is 0 Å². The van der Waals surface area contributed by atoms with Gasteiger partial charge in [0.25, 0.3) is 0 Å². The second-order valence-electron chi connectivity index (χ2n) is 4.75. The van der Waals surface area contributed by atoms with Crippen LogP contribution in [0.4, 0.5) is 5.82 Å². The monoisotopic (exact) mass is 234 g/mol. The molecule has 0 amide bonds. The quantitative estimate of drug-likeness (QED) is 0.838. The lowest BCUT2D eigenvalue weighted by atomic mass is 10.1. The molecule has 2 atom stereocenters. The van der Waals surface area contributed by atoms with E-state index in [9.17, 15) is 5.11 Å². The van der Waals surface area contributed by atoms with E-state index in [2.05, 4.69) is 9.88 Å². The van der Waals surface area contributed by atoms with E-state index >= 15 is 0 Å². The third-order valence-electron chi connectivity index (χ3n) is 3.79. The molecule has 0 bridgehead atoms. The van der Waals surface area contributed by atoms with Gasteiger partial charge < -0.3 is 14.7 Å². The molecule has 1 aromatic heterocycles. The van der Waals surface area contributed by atoms with E-state index in [1.54, 1.807) is 6.20 Å². The summed E-state index contributed by atoms with van der Waals surface area (Å²) in [5, 5.41) is 9.39. The fourth-order valence-electron chi connectivity index (χ4n) is 3.00. The summed E-state index contributed by atoms with van der Waals surface area (Å²) >= 11 is 0. The predicted molar refractivity (Wildman–Crippen MR) is 64.9 cm³/mol. The minimum Gasteiger partial charge on any atom is -0.392 e. The van der Waals surface area contributed by atoms with Gasteiger partial charge in [0.1, 0.15) is 5.82 Å². The first-order valence-electron chi connectivity index (χ1n) is 6.33. The Labute approximate surface area is 101 Å². The molecular weight excluding hydrogens is 216 g/mol. The number of rotatable bonds is 2. The van der Waals surface area contributed by atoms with Crippen LogP contribution in [0.15, 0.2) is 18.3 Å². The zero-order valence-corrected chi connectivity index (χ0v) is 9.88. The summed E-state index contributed by atoms with van der Waals surface area (Å²) in [6.45, 7) is 1.70.